The van der Waals surface area contributed by atoms with Gasteiger partial charge in [-0.15, -0.1) is 0 Å². The van der Waals surface area contributed by atoms with E-state index >= 15 is 0 Å². The fourth-order valence-electron chi connectivity index (χ4n) is 2.32. The van der Waals surface area contributed by atoms with Crippen LogP contribution >= 0.6 is 0 Å². The van der Waals surface area contributed by atoms with Gasteiger partial charge in [0.25, 0.3) is 0 Å². The molecular weight excluding hydrogens is 222 g/mol. The van der Waals surface area contributed by atoms with Gasteiger partial charge in [0.05, 0.1) is 6.20 Å². The van der Waals surface area contributed by atoms with Gasteiger partial charge in [-0.1, -0.05) is 39.0 Å². The predicted octanol–water partition coefficient (Wildman–Crippen LogP) is 3.94. The number of fused-ring (bicyclic) bond motifs is 1. The van der Waals surface area contributed by atoms with E-state index in [4.69, 9.17) is 0 Å². The molecule has 2 heterocycles. The van der Waals surface area contributed by atoms with Crippen LogP contribution in [0.3, 0.4) is 0 Å². The molecule has 0 spiro atoms. The molecule has 0 aliphatic carbocycles. The quantitative estimate of drug-likeness (QED) is 0.692. The average molecular weight is 245 g/mol. The van der Waals surface area contributed by atoms with Crippen molar-refractivity contribution in [2.24, 2.45) is 0 Å². The normalized spacial score (nSPS) is 11.2. The second-order valence-corrected chi connectivity index (χ2v) is 5.00. The molecular formula is C15H23N3. The second-order valence-electron chi connectivity index (χ2n) is 5.00. The van der Waals surface area contributed by atoms with Crippen molar-refractivity contribution in [3.63, 3.8) is 0 Å². The lowest BCUT2D eigenvalue weighted by atomic mass is 10.1. The van der Waals surface area contributed by atoms with Crippen molar-refractivity contribution in [2.45, 2.75) is 58.8 Å². The summed E-state index contributed by atoms with van der Waals surface area (Å²) in [5.74, 6) is 0. The smallest absolute Gasteiger partial charge is 0.155 e. The van der Waals surface area contributed by atoms with Gasteiger partial charge in [0.15, 0.2) is 5.65 Å². The summed E-state index contributed by atoms with van der Waals surface area (Å²) in [6, 6.07) is 1.95. The first-order valence-corrected chi connectivity index (χ1v) is 7.11. The van der Waals surface area contributed by atoms with Crippen LogP contribution in [0.4, 0.5) is 0 Å². The third-order valence-corrected chi connectivity index (χ3v) is 3.47. The van der Waals surface area contributed by atoms with Crippen LogP contribution in [0.25, 0.3) is 5.65 Å². The van der Waals surface area contributed by atoms with Crippen LogP contribution < -0.4 is 0 Å². The second kappa shape index (κ2) is 6.53. The number of aromatic nitrogens is 3. The lowest BCUT2D eigenvalue weighted by Crippen LogP contribution is -1.99. The van der Waals surface area contributed by atoms with Crippen LogP contribution in [0.15, 0.2) is 18.5 Å². The van der Waals surface area contributed by atoms with E-state index in [1.807, 2.05) is 10.6 Å². The average Bonchev–Trinajstić information content (AvgIpc) is 2.80. The summed E-state index contributed by atoms with van der Waals surface area (Å²) in [5.41, 5.74) is 3.43. The number of hydrogen-bond donors (Lipinski definition) is 0. The Balaban J connectivity index is 1.85. The van der Waals surface area contributed by atoms with E-state index in [9.17, 15) is 0 Å². The van der Waals surface area contributed by atoms with Crippen LogP contribution in [0.2, 0.25) is 0 Å². The van der Waals surface area contributed by atoms with E-state index in [1.165, 1.54) is 44.1 Å². The van der Waals surface area contributed by atoms with E-state index in [1.54, 1.807) is 6.20 Å². The number of hydrogen-bond acceptors (Lipinski definition) is 2. The van der Waals surface area contributed by atoms with Crippen LogP contribution in [-0.2, 0) is 6.42 Å². The maximum atomic E-state index is 4.56. The van der Waals surface area contributed by atoms with E-state index < -0.39 is 0 Å². The Bertz CT molecular complexity index is 487. The Labute approximate surface area is 109 Å². The molecule has 0 unspecified atom stereocenters. The topological polar surface area (TPSA) is 30.2 Å². The van der Waals surface area contributed by atoms with Crippen LogP contribution in [0, 0.1) is 6.92 Å². The van der Waals surface area contributed by atoms with Crippen LogP contribution in [0.5, 0.6) is 0 Å². The molecule has 0 amide bonds. The monoisotopic (exact) mass is 245 g/mol. The van der Waals surface area contributed by atoms with Crippen molar-refractivity contribution >= 4 is 5.65 Å². The van der Waals surface area contributed by atoms with Crippen LogP contribution in [0.1, 0.15) is 56.7 Å². The molecule has 98 valence electrons. The molecule has 2 aromatic rings. The lowest BCUT2D eigenvalue weighted by molar-refractivity contribution is 0.605. The summed E-state index contributed by atoms with van der Waals surface area (Å²) in [6.45, 7) is 4.35. The summed E-state index contributed by atoms with van der Waals surface area (Å²) in [5, 5.41) is 4.24. The van der Waals surface area contributed by atoms with Crippen molar-refractivity contribution in [3.8, 4) is 0 Å². The van der Waals surface area contributed by atoms with Gasteiger partial charge in [-0.3, -0.25) is 0 Å². The van der Waals surface area contributed by atoms with E-state index in [0.717, 1.165) is 17.8 Å². The molecule has 3 nitrogen and oxygen atoms in total. The van der Waals surface area contributed by atoms with Gasteiger partial charge in [-0.2, -0.15) is 5.10 Å². The standard InChI is InChI=1S/C15H23N3/c1-3-4-5-6-7-8-9-14-12-18-15(10-11-16-18)17-13(14)2/h10-12H,3-9H2,1-2H3. The minimum absolute atomic E-state index is 0.944. The highest BCUT2D eigenvalue weighted by Crippen LogP contribution is 2.13. The molecule has 0 aliphatic rings. The van der Waals surface area contributed by atoms with Gasteiger partial charge >= 0.3 is 0 Å². The number of nitrogens with zero attached hydrogens (tertiary/aromatic N) is 3. The first-order chi connectivity index (χ1) is 8.81. The molecule has 0 aromatic carbocycles. The maximum Gasteiger partial charge on any atom is 0.155 e. The molecule has 0 atom stereocenters. The SMILES string of the molecule is CCCCCCCCc1cn2nccc2nc1C. The molecule has 0 fully saturated rings. The van der Waals surface area contributed by atoms with E-state index in [0.29, 0.717) is 0 Å². The summed E-state index contributed by atoms with van der Waals surface area (Å²) >= 11 is 0. The van der Waals surface area contributed by atoms with Gasteiger partial charge in [0.1, 0.15) is 0 Å². The van der Waals surface area contributed by atoms with Crippen molar-refractivity contribution in [3.05, 3.63) is 29.7 Å². The molecule has 0 bridgehead atoms. The van der Waals surface area contributed by atoms with Gasteiger partial charge in [-0.05, 0) is 25.3 Å². The Morgan fingerprint density at radius 2 is 1.89 bits per heavy atom. The molecule has 0 radical (unpaired) electrons. The third-order valence-electron chi connectivity index (χ3n) is 3.47. The number of aryl methyl sites for hydroxylation is 2. The Morgan fingerprint density at radius 1 is 1.11 bits per heavy atom. The Kier molecular flexibility index (Phi) is 4.73. The van der Waals surface area contributed by atoms with Gasteiger partial charge < -0.3 is 0 Å². The number of unbranched alkanes of at least 4 members (excludes halogenated alkanes) is 5. The largest absolute Gasteiger partial charge is 0.234 e. The summed E-state index contributed by atoms with van der Waals surface area (Å²) < 4.78 is 1.87. The molecule has 18 heavy (non-hydrogen) atoms. The highest BCUT2D eigenvalue weighted by molar-refractivity contribution is 5.38. The summed E-state index contributed by atoms with van der Waals surface area (Å²) in [6.07, 6.45) is 13.1. The molecule has 0 N–H and O–H groups in total. The van der Waals surface area contributed by atoms with Crippen LogP contribution in [-0.4, -0.2) is 14.6 Å². The van der Waals surface area contributed by atoms with Crippen molar-refractivity contribution in [1.82, 2.24) is 14.6 Å². The van der Waals surface area contributed by atoms with Crippen molar-refractivity contribution < 1.29 is 0 Å². The molecule has 0 saturated carbocycles. The maximum absolute atomic E-state index is 4.56. The van der Waals surface area contributed by atoms with Gasteiger partial charge in [-0.25, -0.2) is 9.50 Å². The molecule has 2 aromatic heterocycles. The number of rotatable bonds is 7. The highest BCUT2D eigenvalue weighted by Gasteiger charge is 2.03. The predicted molar refractivity (Wildman–Crippen MR) is 74.8 cm³/mol. The van der Waals surface area contributed by atoms with E-state index in [2.05, 4.69) is 30.1 Å². The van der Waals surface area contributed by atoms with Gasteiger partial charge in [0, 0.05) is 18.0 Å². The van der Waals surface area contributed by atoms with Crippen molar-refractivity contribution in [2.75, 3.05) is 0 Å². The fraction of sp³-hybridized carbons (Fsp3) is 0.600. The third kappa shape index (κ3) is 3.31. The minimum Gasteiger partial charge on any atom is -0.234 e. The Morgan fingerprint density at radius 3 is 2.72 bits per heavy atom. The zero-order valence-electron chi connectivity index (χ0n) is 11.5. The molecule has 3 heteroatoms. The minimum atomic E-state index is 0.944. The zero-order valence-corrected chi connectivity index (χ0v) is 11.5. The lowest BCUT2D eigenvalue weighted by Gasteiger charge is -2.06. The van der Waals surface area contributed by atoms with Crippen molar-refractivity contribution in [1.29, 1.82) is 0 Å². The first kappa shape index (κ1) is 13.1. The highest BCUT2D eigenvalue weighted by atomic mass is 15.2. The summed E-state index contributed by atoms with van der Waals surface area (Å²) in [7, 11) is 0. The van der Waals surface area contributed by atoms with E-state index in [-0.39, 0.29) is 0 Å². The first-order valence-electron chi connectivity index (χ1n) is 7.11. The summed E-state index contributed by atoms with van der Waals surface area (Å²) in [4.78, 5) is 4.56. The molecule has 2 rings (SSSR count). The van der Waals surface area contributed by atoms with Gasteiger partial charge in [0.2, 0.25) is 0 Å². The zero-order chi connectivity index (χ0) is 12.8. The fourth-order valence-corrected chi connectivity index (χ4v) is 2.32. The molecule has 0 aliphatic heterocycles. The Hall–Kier alpha value is -1.38. The molecule has 0 saturated heterocycles.